The summed E-state index contributed by atoms with van der Waals surface area (Å²) in [5.74, 6) is 1.56. The minimum absolute atomic E-state index is 0.321. The number of nitrogens with one attached hydrogen (secondary N) is 2. The zero-order valence-electron chi connectivity index (χ0n) is 12.3. The molecule has 0 saturated heterocycles. The Bertz CT molecular complexity index is 344. The quantitative estimate of drug-likeness (QED) is 0.638. The van der Waals surface area contributed by atoms with Crippen molar-refractivity contribution in [2.45, 2.75) is 46.1 Å². The Hall–Kier alpha value is -1.36. The molecule has 1 aromatic heterocycles. The van der Waals surface area contributed by atoms with Crippen molar-refractivity contribution in [2.75, 3.05) is 30.3 Å². The molecule has 2 N–H and O–H groups in total. The zero-order valence-corrected chi connectivity index (χ0v) is 12.3. The lowest BCUT2D eigenvalue weighted by Gasteiger charge is -2.09. The van der Waals surface area contributed by atoms with E-state index in [0.29, 0.717) is 12.1 Å². The number of ether oxygens (including phenoxy) is 1. The van der Waals surface area contributed by atoms with E-state index in [-0.39, 0.29) is 0 Å². The van der Waals surface area contributed by atoms with Crippen molar-refractivity contribution < 1.29 is 4.74 Å². The normalized spacial score (nSPS) is 10.7. The van der Waals surface area contributed by atoms with E-state index in [1.165, 1.54) is 0 Å². The molecule has 1 aromatic rings. The molecule has 0 aliphatic heterocycles. The fourth-order valence-corrected chi connectivity index (χ4v) is 1.54. The molecule has 0 aliphatic carbocycles. The summed E-state index contributed by atoms with van der Waals surface area (Å²) < 4.78 is 5.49. The van der Waals surface area contributed by atoms with Gasteiger partial charge in [0.25, 0.3) is 0 Å². The maximum Gasteiger partial charge on any atom is 0.224 e. The number of hydrogen-bond acceptors (Lipinski definition) is 5. The van der Waals surface area contributed by atoms with E-state index in [4.69, 9.17) is 4.74 Å². The molecule has 0 bridgehead atoms. The van der Waals surface area contributed by atoms with Crippen LogP contribution in [0.4, 0.5) is 11.8 Å². The van der Waals surface area contributed by atoms with Crippen LogP contribution < -0.4 is 10.6 Å². The fourth-order valence-electron chi connectivity index (χ4n) is 1.54. The number of hydrogen-bond donors (Lipinski definition) is 2. The Kier molecular flexibility index (Phi) is 7.89. The van der Waals surface area contributed by atoms with Crippen molar-refractivity contribution >= 4 is 11.8 Å². The summed E-state index contributed by atoms with van der Waals surface area (Å²) in [5.41, 5.74) is 0. The molecule has 0 aromatic carbocycles. The first-order valence-electron chi connectivity index (χ1n) is 7.14. The summed E-state index contributed by atoms with van der Waals surface area (Å²) in [7, 11) is 0. The van der Waals surface area contributed by atoms with E-state index >= 15 is 0 Å². The summed E-state index contributed by atoms with van der Waals surface area (Å²) in [6, 6.07) is 1.89. The smallest absolute Gasteiger partial charge is 0.224 e. The highest BCUT2D eigenvalue weighted by Gasteiger charge is 1.98. The summed E-state index contributed by atoms with van der Waals surface area (Å²) in [4.78, 5) is 8.56. The second-order valence-corrected chi connectivity index (χ2v) is 4.75. The van der Waals surface area contributed by atoms with Gasteiger partial charge in [-0.1, -0.05) is 6.92 Å². The van der Waals surface area contributed by atoms with Gasteiger partial charge in [-0.15, -0.1) is 0 Å². The minimum atomic E-state index is 0.321. The lowest BCUT2D eigenvalue weighted by Crippen LogP contribution is -2.09. The van der Waals surface area contributed by atoms with Crippen molar-refractivity contribution in [1.82, 2.24) is 9.97 Å². The summed E-state index contributed by atoms with van der Waals surface area (Å²) in [6.45, 7) is 8.87. The molecular formula is C14H26N4O. The van der Waals surface area contributed by atoms with Crippen LogP contribution in [0.25, 0.3) is 0 Å². The molecule has 1 rings (SSSR count). The highest BCUT2D eigenvalue weighted by molar-refractivity contribution is 5.39. The molecule has 0 saturated carbocycles. The van der Waals surface area contributed by atoms with Crippen LogP contribution in [-0.4, -0.2) is 35.8 Å². The van der Waals surface area contributed by atoms with Crippen molar-refractivity contribution in [3.8, 4) is 0 Å². The van der Waals surface area contributed by atoms with Crippen LogP contribution in [0.2, 0.25) is 0 Å². The largest absolute Gasteiger partial charge is 0.379 e. The van der Waals surface area contributed by atoms with E-state index in [0.717, 1.165) is 44.8 Å². The molecule has 5 heteroatoms. The van der Waals surface area contributed by atoms with Gasteiger partial charge in [-0.3, -0.25) is 0 Å². The molecule has 0 spiro atoms. The zero-order chi connectivity index (χ0) is 13.9. The van der Waals surface area contributed by atoms with Gasteiger partial charge in [0.2, 0.25) is 5.95 Å². The number of anilines is 2. The fraction of sp³-hybridized carbons (Fsp3) is 0.714. The summed E-state index contributed by atoms with van der Waals surface area (Å²) >= 11 is 0. The summed E-state index contributed by atoms with van der Waals surface area (Å²) in [6.07, 6.45) is 5.31. The van der Waals surface area contributed by atoms with E-state index in [1.807, 2.05) is 6.07 Å². The van der Waals surface area contributed by atoms with Crippen LogP contribution in [0.1, 0.15) is 40.0 Å². The van der Waals surface area contributed by atoms with Crippen LogP contribution in [0.5, 0.6) is 0 Å². The van der Waals surface area contributed by atoms with Crippen molar-refractivity contribution in [3.05, 3.63) is 12.3 Å². The van der Waals surface area contributed by atoms with E-state index in [2.05, 4.69) is 41.4 Å². The van der Waals surface area contributed by atoms with Gasteiger partial charge in [0.15, 0.2) is 0 Å². The second kappa shape index (κ2) is 9.55. The molecule has 0 aliphatic rings. The van der Waals surface area contributed by atoms with Crippen LogP contribution in [0.3, 0.4) is 0 Å². The number of rotatable bonds is 10. The molecular weight excluding hydrogens is 240 g/mol. The molecule has 0 radical (unpaired) electrons. The Morgan fingerprint density at radius 1 is 1.21 bits per heavy atom. The standard InChI is InChI=1S/C14H26N4O/c1-4-8-16-14-17-10-7-13(18-14)15-9-5-6-11-19-12(2)3/h7,10,12H,4-6,8-9,11H2,1-3H3,(H2,15,16,17,18). The number of unbranched alkanes of at least 4 members (excludes halogenated alkanes) is 1. The minimum Gasteiger partial charge on any atom is -0.379 e. The van der Waals surface area contributed by atoms with Gasteiger partial charge in [0, 0.05) is 25.9 Å². The van der Waals surface area contributed by atoms with Gasteiger partial charge >= 0.3 is 0 Å². The molecule has 0 unspecified atom stereocenters. The Morgan fingerprint density at radius 2 is 2.05 bits per heavy atom. The lowest BCUT2D eigenvalue weighted by atomic mass is 10.3. The van der Waals surface area contributed by atoms with Gasteiger partial charge in [-0.05, 0) is 39.2 Å². The van der Waals surface area contributed by atoms with Crippen LogP contribution in [0, 0.1) is 0 Å². The third-order valence-electron chi connectivity index (χ3n) is 2.52. The molecule has 0 fully saturated rings. The van der Waals surface area contributed by atoms with Gasteiger partial charge in [-0.2, -0.15) is 4.98 Å². The first kappa shape index (κ1) is 15.7. The molecule has 1 heterocycles. The molecule has 0 atom stereocenters. The Balaban J connectivity index is 2.18. The highest BCUT2D eigenvalue weighted by atomic mass is 16.5. The third-order valence-corrected chi connectivity index (χ3v) is 2.52. The maximum atomic E-state index is 5.49. The highest BCUT2D eigenvalue weighted by Crippen LogP contribution is 2.06. The van der Waals surface area contributed by atoms with Gasteiger partial charge in [0.05, 0.1) is 6.10 Å². The van der Waals surface area contributed by atoms with Gasteiger partial charge < -0.3 is 15.4 Å². The van der Waals surface area contributed by atoms with Crippen LogP contribution in [0.15, 0.2) is 12.3 Å². The third kappa shape index (κ3) is 7.62. The maximum absolute atomic E-state index is 5.49. The first-order chi connectivity index (χ1) is 9.22. The van der Waals surface area contributed by atoms with E-state index < -0.39 is 0 Å². The SMILES string of the molecule is CCCNc1nccc(NCCCCOC(C)C)n1. The summed E-state index contributed by atoms with van der Waals surface area (Å²) in [5, 5.41) is 6.48. The molecule has 108 valence electrons. The van der Waals surface area contributed by atoms with Crippen LogP contribution in [-0.2, 0) is 4.74 Å². The van der Waals surface area contributed by atoms with Gasteiger partial charge in [-0.25, -0.2) is 4.98 Å². The monoisotopic (exact) mass is 266 g/mol. The molecule has 19 heavy (non-hydrogen) atoms. The van der Waals surface area contributed by atoms with E-state index in [9.17, 15) is 0 Å². The topological polar surface area (TPSA) is 59.1 Å². The molecule has 0 amide bonds. The first-order valence-corrected chi connectivity index (χ1v) is 7.14. The Morgan fingerprint density at radius 3 is 2.79 bits per heavy atom. The number of aromatic nitrogens is 2. The second-order valence-electron chi connectivity index (χ2n) is 4.75. The average Bonchev–Trinajstić information content (AvgIpc) is 2.40. The Labute approximate surface area is 116 Å². The predicted molar refractivity (Wildman–Crippen MR) is 79.6 cm³/mol. The number of nitrogens with zero attached hydrogens (tertiary/aromatic N) is 2. The van der Waals surface area contributed by atoms with Crippen molar-refractivity contribution in [3.63, 3.8) is 0 Å². The van der Waals surface area contributed by atoms with E-state index in [1.54, 1.807) is 6.20 Å². The van der Waals surface area contributed by atoms with Gasteiger partial charge in [0.1, 0.15) is 5.82 Å². The average molecular weight is 266 g/mol. The molecule has 5 nitrogen and oxygen atoms in total. The van der Waals surface area contributed by atoms with Crippen LogP contribution >= 0.6 is 0 Å². The predicted octanol–water partition coefficient (Wildman–Crippen LogP) is 2.92. The van der Waals surface area contributed by atoms with Crippen molar-refractivity contribution in [1.29, 1.82) is 0 Å². The van der Waals surface area contributed by atoms with Crippen molar-refractivity contribution in [2.24, 2.45) is 0 Å². The lowest BCUT2D eigenvalue weighted by molar-refractivity contribution is 0.0765.